The first kappa shape index (κ1) is 15.0. The zero-order chi connectivity index (χ0) is 14.7. The average molecular weight is 315 g/mol. The van der Waals surface area contributed by atoms with Gasteiger partial charge in [-0.1, -0.05) is 0 Å². The van der Waals surface area contributed by atoms with Crippen molar-refractivity contribution >= 4 is 45.7 Å². The topological polar surface area (TPSA) is 98.6 Å². The predicted molar refractivity (Wildman–Crippen MR) is 82.7 cm³/mol. The number of primary amides is 1. The van der Waals surface area contributed by atoms with Crippen molar-refractivity contribution in [1.82, 2.24) is 0 Å². The summed E-state index contributed by atoms with van der Waals surface area (Å²) in [5.74, 6) is 0.843. The molecule has 20 heavy (non-hydrogen) atoms. The number of carbonyl (C=O) groups excluding carboxylic acids is 2. The minimum atomic E-state index is -0.615. The lowest BCUT2D eigenvalue weighted by atomic mass is 10.2. The highest BCUT2D eigenvalue weighted by Gasteiger charge is 2.29. The molecule has 0 atom stereocenters. The van der Waals surface area contributed by atoms with Gasteiger partial charge < -0.3 is 21.1 Å². The van der Waals surface area contributed by atoms with Crippen molar-refractivity contribution in [2.45, 2.75) is 6.92 Å². The third kappa shape index (κ3) is 2.85. The van der Waals surface area contributed by atoms with Gasteiger partial charge in [0.05, 0.1) is 12.3 Å². The molecule has 6 nitrogen and oxygen atoms in total. The third-order valence-corrected chi connectivity index (χ3v) is 5.15. The number of hydrogen-bond donors (Lipinski definition) is 2. The standard InChI is InChI=1S/C12H17N3O3S2/c1-2-18-12(17)7-8(13)9(10(14)16)20-11(7)15-3-5-19-6-4-15/h2-6,13H2,1H3,(H2,14,16). The Kier molecular flexibility index (Phi) is 4.77. The fourth-order valence-electron chi connectivity index (χ4n) is 2.00. The lowest BCUT2D eigenvalue weighted by Gasteiger charge is -2.27. The number of thioether (sulfide) groups is 1. The quantitative estimate of drug-likeness (QED) is 0.809. The molecular formula is C12H17N3O3S2. The molecule has 0 aromatic carbocycles. The number of esters is 1. The van der Waals surface area contributed by atoms with Crippen LogP contribution in [-0.4, -0.2) is 43.1 Å². The van der Waals surface area contributed by atoms with Gasteiger partial charge in [0.1, 0.15) is 15.4 Å². The maximum atomic E-state index is 12.1. The van der Waals surface area contributed by atoms with E-state index in [0.29, 0.717) is 5.00 Å². The normalized spacial score (nSPS) is 15.2. The summed E-state index contributed by atoms with van der Waals surface area (Å²) in [7, 11) is 0. The molecular weight excluding hydrogens is 298 g/mol. The van der Waals surface area contributed by atoms with Crippen LogP contribution in [0.15, 0.2) is 0 Å². The highest BCUT2D eigenvalue weighted by molar-refractivity contribution is 7.99. The molecule has 2 rings (SSSR count). The lowest BCUT2D eigenvalue weighted by molar-refractivity contribution is 0.0529. The molecule has 0 radical (unpaired) electrons. The fourth-order valence-corrected chi connectivity index (χ4v) is 4.02. The molecule has 1 saturated heterocycles. The van der Waals surface area contributed by atoms with Crippen LogP contribution in [0.3, 0.4) is 0 Å². The van der Waals surface area contributed by atoms with Crippen molar-refractivity contribution in [2.75, 3.05) is 41.8 Å². The molecule has 4 N–H and O–H groups in total. The van der Waals surface area contributed by atoms with Crippen LogP contribution >= 0.6 is 23.1 Å². The van der Waals surface area contributed by atoms with Crippen LogP contribution in [0.1, 0.15) is 27.0 Å². The van der Waals surface area contributed by atoms with Crippen molar-refractivity contribution in [3.05, 3.63) is 10.4 Å². The number of thiophene rings is 1. The highest BCUT2D eigenvalue weighted by Crippen LogP contribution is 2.39. The molecule has 1 aromatic heterocycles. The van der Waals surface area contributed by atoms with Gasteiger partial charge in [0.25, 0.3) is 5.91 Å². The predicted octanol–water partition coefficient (Wildman–Crippen LogP) is 1.16. The van der Waals surface area contributed by atoms with Gasteiger partial charge in [-0.25, -0.2) is 4.79 Å². The highest BCUT2D eigenvalue weighted by atomic mass is 32.2. The second-order valence-corrected chi connectivity index (χ2v) is 6.43. The van der Waals surface area contributed by atoms with E-state index >= 15 is 0 Å². The fraction of sp³-hybridized carbons (Fsp3) is 0.500. The molecule has 1 fully saturated rings. The van der Waals surface area contributed by atoms with Crippen LogP contribution in [0.2, 0.25) is 0 Å². The molecule has 0 saturated carbocycles. The largest absolute Gasteiger partial charge is 0.462 e. The van der Waals surface area contributed by atoms with Crippen LogP contribution in [-0.2, 0) is 4.74 Å². The third-order valence-electron chi connectivity index (χ3n) is 2.93. The molecule has 0 spiro atoms. The lowest BCUT2D eigenvalue weighted by Crippen LogP contribution is -2.33. The van der Waals surface area contributed by atoms with E-state index in [2.05, 4.69) is 4.90 Å². The number of ether oxygens (including phenoxy) is 1. The molecule has 1 amide bonds. The summed E-state index contributed by atoms with van der Waals surface area (Å²) in [4.78, 5) is 25.8. The first-order valence-electron chi connectivity index (χ1n) is 6.28. The van der Waals surface area contributed by atoms with Crippen molar-refractivity contribution in [3.8, 4) is 0 Å². The van der Waals surface area contributed by atoms with Crippen molar-refractivity contribution in [1.29, 1.82) is 0 Å². The first-order valence-corrected chi connectivity index (χ1v) is 8.25. The molecule has 1 aliphatic rings. The van der Waals surface area contributed by atoms with Gasteiger partial charge in [0, 0.05) is 24.6 Å². The minimum absolute atomic E-state index is 0.133. The number of nitrogens with zero attached hydrogens (tertiary/aromatic N) is 1. The molecule has 1 aliphatic heterocycles. The van der Waals surface area contributed by atoms with Crippen LogP contribution in [0.5, 0.6) is 0 Å². The van der Waals surface area contributed by atoms with Crippen LogP contribution in [0, 0.1) is 0 Å². The van der Waals surface area contributed by atoms with Crippen LogP contribution in [0.4, 0.5) is 10.7 Å². The molecule has 0 unspecified atom stereocenters. The Morgan fingerprint density at radius 2 is 2.00 bits per heavy atom. The molecule has 2 heterocycles. The van der Waals surface area contributed by atoms with Gasteiger partial charge >= 0.3 is 5.97 Å². The molecule has 0 bridgehead atoms. The van der Waals surface area contributed by atoms with Gasteiger partial charge in [-0.2, -0.15) is 11.8 Å². The van der Waals surface area contributed by atoms with E-state index in [1.165, 1.54) is 11.3 Å². The van der Waals surface area contributed by atoms with Crippen LogP contribution < -0.4 is 16.4 Å². The average Bonchev–Trinajstić information content (AvgIpc) is 2.78. The Morgan fingerprint density at radius 3 is 2.55 bits per heavy atom. The monoisotopic (exact) mass is 315 g/mol. The Balaban J connectivity index is 2.44. The van der Waals surface area contributed by atoms with Crippen molar-refractivity contribution in [3.63, 3.8) is 0 Å². The summed E-state index contributed by atoms with van der Waals surface area (Å²) >= 11 is 3.03. The number of nitrogen functional groups attached to an aromatic ring is 1. The van der Waals surface area contributed by atoms with Gasteiger partial charge in [0.15, 0.2) is 0 Å². The maximum Gasteiger partial charge on any atom is 0.343 e. The number of hydrogen-bond acceptors (Lipinski definition) is 7. The molecule has 0 aliphatic carbocycles. The van der Waals surface area contributed by atoms with Gasteiger partial charge in [-0.05, 0) is 6.92 Å². The summed E-state index contributed by atoms with van der Waals surface area (Å²) in [5, 5.41) is 0.690. The van der Waals surface area contributed by atoms with E-state index in [-0.39, 0.29) is 22.7 Å². The molecule has 110 valence electrons. The Labute approximate surface area is 125 Å². The number of amides is 1. The first-order chi connectivity index (χ1) is 9.56. The summed E-state index contributed by atoms with van der Waals surface area (Å²) in [6.07, 6.45) is 0. The van der Waals surface area contributed by atoms with Gasteiger partial charge in [0.2, 0.25) is 0 Å². The van der Waals surface area contributed by atoms with E-state index < -0.39 is 11.9 Å². The Hall–Kier alpha value is -1.41. The van der Waals surface area contributed by atoms with Gasteiger partial charge in [-0.3, -0.25) is 4.79 Å². The minimum Gasteiger partial charge on any atom is -0.462 e. The number of rotatable bonds is 4. The zero-order valence-electron chi connectivity index (χ0n) is 11.2. The van der Waals surface area contributed by atoms with Crippen molar-refractivity contribution in [2.24, 2.45) is 5.73 Å². The Morgan fingerprint density at radius 1 is 1.35 bits per heavy atom. The Bertz CT molecular complexity index is 524. The smallest absolute Gasteiger partial charge is 0.343 e. The summed E-state index contributed by atoms with van der Waals surface area (Å²) in [6.45, 7) is 3.62. The molecule has 8 heteroatoms. The van der Waals surface area contributed by atoms with E-state index in [1.807, 2.05) is 11.8 Å². The van der Waals surface area contributed by atoms with Crippen LogP contribution in [0.25, 0.3) is 0 Å². The number of nitrogens with two attached hydrogens (primary N) is 2. The maximum absolute atomic E-state index is 12.1. The second-order valence-electron chi connectivity index (χ2n) is 4.21. The molecule has 1 aromatic rings. The number of carbonyl (C=O) groups is 2. The second kappa shape index (κ2) is 6.36. The summed E-state index contributed by atoms with van der Waals surface area (Å²) in [5.41, 5.74) is 11.6. The van der Waals surface area contributed by atoms with Gasteiger partial charge in [-0.15, -0.1) is 11.3 Å². The summed E-state index contributed by atoms with van der Waals surface area (Å²) in [6, 6.07) is 0. The van der Waals surface area contributed by atoms with Crippen molar-refractivity contribution < 1.29 is 14.3 Å². The zero-order valence-corrected chi connectivity index (χ0v) is 12.8. The van der Waals surface area contributed by atoms with E-state index in [4.69, 9.17) is 16.2 Å². The summed E-state index contributed by atoms with van der Waals surface area (Å²) < 4.78 is 5.04. The van der Waals surface area contributed by atoms with E-state index in [0.717, 1.165) is 24.6 Å². The SMILES string of the molecule is CCOC(=O)c1c(N2CCSCC2)sc(C(N)=O)c1N. The number of anilines is 2. The van der Waals surface area contributed by atoms with E-state index in [9.17, 15) is 9.59 Å². The van der Waals surface area contributed by atoms with E-state index in [1.54, 1.807) is 6.92 Å².